The predicted molar refractivity (Wildman–Crippen MR) is 73.1 cm³/mol. The van der Waals surface area contributed by atoms with Gasteiger partial charge in [-0.25, -0.2) is 4.98 Å². The molecule has 0 aliphatic carbocycles. The van der Waals surface area contributed by atoms with E-state index in [2.05, 4.69) is 37.8 Å². The van der Waals surface area contributed by atoms with Gasteiger partial charge < -0.3 is 4.74 Å². The number of rotatable bonds is 2. The molecular weight excluding hydrogens is 329 g/mol. The fourth-order valence-electron chi connectivity index (χ4n) is 1.53. The van der Waals surface area contributed by atoms with E-state index in [0.717, 1.165) is 20.4 Å². The van der Waals surface area contributed by atoms with E-state index in [0.29, 0.717) is 5.88 Å². The average molecular weight is 337 g/mol. The summed E-state index contributed by atoms with van der Waals surface area (Å²) in [7, 11) is 0. The lowest BCUT2D eigenvalue weighted by Gasteiger charge is -2.03. The maximum absolute atomic E-state index is 5.63. The largest absolute Gasteiger partial charge is 0.439 e. The highest BCUT2D eigenvalue weighted by atomic mass is 127. The van der Waals surface area contributed by atoms with Crippen molar-refractivity contribution in [1.29, 1.82) is 0 Å². The molecule has 3 rings (SSSR count). The number of para-hydroxylation sites is 1. The monoisotopic (exact) mass is 337 g/mol. The van der Waals surface area contributed by atoms with Crippen molar-refractivity contribution in [2.24, 2.45) is 0 Å². The lowest BCUT2D eigenvalue weighted by Crippen LogP contribution is -1.87. The number of nitrogens with zero attached hydrogens (tertiary/aromatic N) is 2. The smallest absolute Gasteiger partial charge is 0.221 e. The van der Waals surface area contributed by atoms with Gasteiger partial charge in [0.2, 0.25) is 5.88 Å². The molecule has 0 saturated carbocycles. The molecule has 0 amide bonds. The number of fused-ring (bicyclic) bond motifs is 1. The van der Waals surface area contributed by atoms with Gasteiger partial charge in [0.1, 0.15) is 9.45 Å². The summed E-state index contributed by atoms with van der Waals surface area (Å²) in [5.41, 5.74) is 0.926. The van der Waals surface area contributed by atoms with Crippen molar-refractivity contribution in [3.05, 3.63) is 46.3 Å². The fourth-order valence-corrected chi connectivity index (χ4v) is 2.08. The molecule has 0 bridgehead atoms. The number of ether oxygens (including phenoxy) is 1. The van der Waals surface area contributed by atoms with E-state index in [4.69, 9.17) is 4.74 Å². The number of hydrogen-bond donors (Lipinski definition) is 1. The standard InChI is InChI=1S/C12H8IN3O/c13-12-9-7-14-11(6-10(9)15-16-12)17-8-4-2-1-3-5-8/h1-7H,(H,15,16). The quantitative estimate of drug-likeness (QED) is 0.730. The van der Waals surface area contributed by atoms with Crippen LogP contribution in [0.25, 0.3) is 10.9 Å². The maximum atomic E-state index is 5.63. The SMILES string of the molecule is Ic1n[nH]c2cc(Oc3ccccc3)ncc12. The molecule has 1 N–H and O–H groups in total. The van der Waals surface area contributed by atoms with Crippen LogP contribution in [0.2, 0.25) is 0 Å². The maximum Gasteiger partial charge on any atom is 0.221 e. The molecule has 5 heteroatoms. The number of halogens is 1. The van der Waals surface area contributed by atoms with E-state index in [1.54, 1.807) is 6.20 Å². The predicted octanol–water partition coefficient (Wildman–Crippen LogP) is 3.35. The van der Waals surface area contributed by atoms with Crippen LogP contribution in [0.1, 0.15) is 0 Å². The number of nitrogens with one attached hydrogen (secondary N) is 1. The van der Waals surface area contributed by atoms with E-state index in [-0.39, 0.29) is 0 Å². The van der Waals surface area contributed by atoms with Crippen LogP contribution >= 0.6 is 22.6 Å². The summed E-state index contributed by atoms with van der Waals surface area (Å²) in [6.45, 7) is 0. The summed E-state index contributed by atoms with van der Waals surface area (Å²) in [5, 5.41) is 8.05. The number of aromatic nitrogens is 3. The minimum Gasteiger partial charge on any atom is -0.439 e. The Morgan fingerprint density at radius 2 is 2.00 bits per heavy atom. The highest BCUT2D eigenvalue weighted by molar-refractivity contribution is 14.1. The second-order valence-electron chi connectivity index (χ2n) is 3.50. The van der Waals surface area contributed by atoms with E-state index >= 15 is 0 Å². The number of pyridine rings is 1. The van der Waals surface area contributed by atoms with Crippen molar-refractivity contribution in [2.75, 3.05) is 0 Å². The minimum absolute atomic E-state index is 0.559. The normalized spacial score (nSPS) is 10.6. The molecule has 1 aromatic carbocycles. The molecule has 2 heterocycles. The van der Waals surface area contributed by atoms with Crippen LogP contribution in [0.5, 0.6) is 11.6 Å². The Morgan fingerprint density at radius 1 is 1.18 bits per heavy atom. The van der Waals surface area contributed by atoms with Crippen molar-refractivity contribution >= 4 is 33.5 Å². The molecule has 84 valence electrons. The highest BCUT2D eigenvalue weighted by Gasteiger charge is 2.05. The van der Waals surface area contributed by atoms with E-state index in [9.17, 15) is 0 Å². The minimum atomic E-state index is 0.559. The summed E-state index contributed by atoms with van der Waals surface area (Å²) >= 11 is 2.17. The van der Waals surface area contributed by atoms with Crippen molar-refractivity contribution in [3.63, 3.8) is 0 Å². The van der Waals surface area contributed by atoms with Gasteiger partial charge in [-0.15, -0.1) is 0 Å². The Bertz CT molecular complexity index is 651. The lowest BCUT2D eigenvalue weighted by atomic mass is 10.3. The first-order chi connectivity index (χ1) is 8.33. The van der Waals surface area contributed by atoms with E-state index in [1.165, 1.54) is 0 Å². The molecule has 0 fully saturated rings. The van der Waals surface area contributed by atoms with Gasteiger partial charge in [-0.05, 0) is 34.7 Å². The molecule has 0 unspecified atom stereocenters. The van der Waals surface area contributed by atoms with Crippen LogP contribution in [0, 0.1) is 3.70 Å². The van der Waals surface area contributed by atoms with Crippen LogP contribution in [-0.4, -0.2) is 15.2 Å². The Kier molecular flexibility index (Phi) is 2.68. The zero-order valence-corrected chi connectivity index (χ0v) is 10.9. The van der Waals surface area contributed by atoms with Gasteiger partial charge in [-0.3, -0.25) is 5.10 Å². The summed E-state index contributed by atoms with van der Waals surface area (Å²) in [4.78, 5) is 4.25. The van der Waals surface area contributed by atoms with Crippen LogP contribution in [0.4, 0.5) is 0 Å². The molecule has 0 aliphatic rings. The molecule has 4 nitrogen and oxygen atoms in total. The zero-order chi connectivity index (χ0) is 11.7. The van der Waals surface area contributed by atoms with Gasteiger partial charge in [0.15, 0.2) is 0 Å². The third-order valence-corrected chi connectivity index (χ3v) is 3.16. The first-order valence-corrected chi connectivity index (χ1v) is 6.13. The van der Waals surface area contributed by atoms with Crippen molar-refractivity contribution < 1.29 is 4.74 Å². The van der Waals surface area contributed by atoms with Gasteiger partial charge in [0.25, 0.3) is 0 Å². The van der Waals surface area contributed by atoms with Gasteiger partial charge in [-0.1, -0.05) is 18.2 Å². The van der Waals surface area contributed by atoms with Crippen LogP contribution < -0.4 is 4.74 Å². The second kappa shape index (κ2) is 4.33. The Balaban J connectivity index is 1.96. The fraction of sp³-hybridized carbons (Fsp3) is 0. The van der Waals surface area contributed by atoms with E-state index < -0.39 is 0 Å². The molecule has 0 aliphatic heterocycles. The van der Waals surface area contributed by atoms with Gasteiger partial charge >= 0.3 is 0 Å². The number of benzene rings is 1. The lowest BCUT2D eigenvalue weighted by molar-refractivity contribution is 0.464. The first-order valence-electron chi connectivity index (χ1n) is 5.05. The molecule has 0 spiro atoms. The highest BCUT2D eigenvalue weighted by Crippen LogP contribution is 2.23. The third-order valence-electron chi connectivity index (χ3n) is 2.34. The summed E-state index contributed by atoms with van der Waals surface area (Å²) in [6, 6.07) is 11.4. The third kappa shape index (κ3) is 2.10. The summed E-state index contributed by atoms with van der Waals surface area (Å²) in [6.07, 6.45) is 1.76. The van der Waals surface area contributed by atoms with Crippen LogP contribution in [0.3, 0.4) is 0 Å². The van der Waals surface area contributed by atoms with Crippen LogP contribution in [-0.2, 0) is 0 Å². The van der Waals surface area contributed by atoms with E-state index in [1.807, 2.05) is 36.4 Å². The number of hydrogen-bond acceptors (Lipinski definition) is 3. The van der Waals surface area contributed by atoms with Crippen molar-refractivity contribution in [1.82, 2.24) is 15.2 Å². The van der Waals surface area contributed by atoms with Gasteiger partial charge in [-0.2, -0.15) is 5.10 Å². The molecule has 3 aromatic rings. The molecule has 2 aromatic heterocycles. The molecule has 0 saturated heterocycles. The second-order valence-corrected chi connectivity index (χ2v) is 4.52. The topological polar surface area (TPSA) is 50.8 Å². The molecular formula is C12H8IN3O. The number of H-pyrrole nitrogens is 1. The summed E-state index contributed by atoms with van der Waals surface area (Å²) in [5.74, 6) is 1.33. The molecule has 17 heavy (non-hydrogen) atoms. The zero-order valence-electron chi connectivity index (χ0n) is 8.72. The average Bonchev–Trinajstić information content (AvgIpc) is 2.72. The van der Waals surface area contributed by atoms with Crippen molar-refractivity contribution in [3.8, 4) is 11.6 Å². The number of aromatic amines is 1. The Labute approximate surface area is 111 Å². The Hall–Kier alpha value is -1.63. The summed E-state index contributed by atoms with van der Waals surface area (Å²) < 4.78 is 6.55. The van der Waals surface area contributed by atoms with Gasteiger partial charge in [0, 0.05) is 12.3 Å². The van der Waals surface area contributed by atoms with Crippen LogP contribution in [0.15, 0.2) is 42.6 Å². The Morgan fingerprint density at radius 3 is 2.82 bits per heavy atom. The molecule has 0 atom stereocenters. The molecule has 0 radical (unpaired) electrons. The van der Waals surface area contributed by atoms with Gasteiger partial charge in [0.05, 0.1) is 10.9 Å². The first kappa shape index (κ1) is 10.5. The van der Waals surface area contributed by atoms with Crippen molar-refractivity contribution in [2.45, 2.75) is 0 Å².